The van der Waals surface area contributed by atoms with Gasteiger partial charge in [-0.1, -0.05) is 43.6 Å². The highest BCUT2D eigenvalue weighted by Crippen LogP contribution is 2.23. The van der Waals surface area contributed by atoms with Crippen LogP contribution < -0.4 is 0 Å². The summed E-state index contributed by atoms with van der Waals surface area (Å²) in [6, 6.07) is 0. The van der Waals surface area contributed by atoms with Crippen LogP contribution in [0.15, 0.2) is 24.3 Å². The summed E-state index contributed by atoms with van der Waals surface area (Å²) in [5, 5.41) is 0. The fourth-order valence-corrected chi connectivity index (χ4v) is 3.36. The van der Waals surface area contributed by atoms with E-state index in [2.05, 4.69) is 29.2 Å². The number of unbranched alkanes of at least 4 members (excludes halogenated alkanes) is 6. The lowest BCUT2D eigenvalue weighted by atomic mass is 10.00. The number of carbonyl (C=O) groups excluding carboxylic acids is 1. The van der Waals surface area contributed by atoms with Gasteiger partial charge < -0.3 is 9.64 Å². The zero-order chi connectivity index (χ0) is 18.9. The molecular formula is C23H41NO2. The van der Waals surface area contributed by atoms with E-state index in [1.807, 2.05) is 14.1 Å². The molecule has 0 saturated carbocycles. The van der Waals surface area contributed by atoms with Crippen LogP contribution in [0, 0.1) is 5.92 Å². The van der Waals surface area contributed by atoms with Crippen LogP contribution in [-0.2, 0) is 9.53 Å². The van der Waals surface area contributed by atoms with Crippen molar-refractivity contribution in [3.63, 3.8) is 0 Å². The zero-order valence-corrected chi connectivity index (χ0v) is 17.3. The first-order chi connectivity index (χ1) is 12.7. The van der Waals surface area contributed by atoms with Crippen molar-refractivity contribution in [3.8, 4) is 0 Å². The van der Waals surface area contributed by atoms with Crippen molar-refractivity contribution in [3.05, 3.63) is 24.3 Å². The second kappa shape index (κ2) is 16.1. The van der Waals surface area contributed by atoms with Crippen molar-refractivity contribution in [2.75, 3.05) is 27.2 Å². The summed E-state index contributed by atoms with van der Waals surface area (Å²) >= 11 is 0. The SMILES string of the molecule is CN(C)CCCOC(=O)CCCC/C=C/CCCCCC[C@H]1C=CCC1. The molecule has 1 rings (SSSR count). The average molecular weight is 364 g/mol. The van der Waals surface area contributed by atoms with Crippen molar-refractivity contribution in [1.29, 1.82) is 0 Å². The Bertz CT molecular complexity index is 401. The van der Waals surface area contributed by atoms with E-state index in [0.717, 1.165) is 38.1 Å². The van der Waals surface area contributed by atoms with Gasteiger partial charge in [-0.15, -0.1) is 0 Å². The maximum Gasteiger partial charge on any atom is 0.305 e. The molecule has 0 radical (unpaired) electrons. The van der Waals surface area contributed by atoms with Crippen LogP contribution in [0.5, 0.6) is 0 Å². The maximum atomic E-state index is 11.6. The predicted octanol–water partition coefficient (Wildman–Crippen LogP) is 5.90. The maximum absolute atomic E-state index is 11.6. The molecular weight excluding hydrogens is 322 g/mol. The lowest BCUT2D eigenvalue weighted by molar-refractivity contribution is -0.143. The van der Waals surface area contributed by atoms with E-state index >= 15 is 0 Å². The smallest absolute Gasteiger partial charge is 0.305 e. The molecule has 0 bridgehead atoms. The number of ether oxygens (including phenoxy) is 1. The molecule has 0 fully saturated rings. The second-order valence-corrected chi connectivity index (χ2v) is 7.85. The van der Waals surface area contributed by atoms with Gasteiger partial charge in [-0.05, 0) is 77.8 Å². The number of rotatable bonds is 16. The summed E-state index contributed by atoms with van der Waals surface area (Å²) in [4.78, 5) is 13.7. The standard InChI is InChI=1S/C23H41NO2/c1-24(2)20-15-21-26-23(25)19-12-10-8-6-4-3-5-7-9-11-16-22-17-13-14-18-22/h4,6,13,17,22H,3,5,7-12,14-16,18-21H2,1-2H3/b6-4+/t22-/m0/s1. The summed E-state index contributed by atoms with van der Waals surface area (Å²) in [6.07, 6.45) is 24.7. The van der Waals surface area contributed by atoms with E-state index in [4.69, 9.17) is 4.74 Å². The molecule has 0 aromatic carbocycles. The van der Waals surface area contributed by atoms with Crippen molar-refractivity contribution in [2.24, 2.45) is 5.92 Å². The van der Waals surface area contributed by atoms with Crippen molar-refractivity contribution >= 4 is 5.97 Å². The number of hydrogen-bond donors (Lipinski definition) is 0. The van der Waals surface area contributed by atoms with Gasteiger partial charge >= 0.3 is 5.97 Å². The van der Waals surface area contributed by atoms with Crippen molar-refractivity contribution in [1.82, 2.24) is 4.90 Å². The molecule has 0 aromatic rings. The van der Waals surface area contributed by atoms with Crippen LogP contribution in [0.4, 0.5) is 0 Å². The Labute approximate surface area is 161 Å². The highest BCUT2D eigenvalue weighted by Gasteiger charge is 2.07. The van der Waals surface area contributed by atoms with E-state index in [-0.39, 0.29) is 5.97 Å². The summed E-state index contributed by atoms with van der Waals surface area (Å²) in [6.45, 7) is 1.52. The molecule has 3 heteroatoms. The molecule has 1 aliphatic rings. The predicted molar refractivity (Wildman–Crippen MR) is 111 cm³/mol. The van der Waals surface area contributed by atoms with Gasteiger partial charge in [-0.3, -0.25) is 4.79 Å². The Morgan fingerprint density at radius 1 is 1.04 bits per heavy atom. The van der Waals surface area contributed by atoms with Crippen molar-refractivity contribution < 1.29 is 9.53 Å². The van der Waals surface area contributed by atoms with E-state index in [1.165, 1.54) is 51.4 Å². The highest BCUT2D eigenvalue weighted by molar-refractivity contribution is 5.69. The molecule has 0 amide bonds. The third-order valence-electron chi connectivity index (χ3n) is 4.99. The van der Waals surface area contributed by atoms with Crippen molar-refractivity contribution in [2.45, 2.75) is 83.5 Å². The number of esters is 1. The fourth-order valence-electron chi connectivity index (χ4n) is 3.36. The molecule has 0 heterocycles. The Hall–Kier alpha value is -1.09. The molecule has 150 valence electrons. The molecule has 0 aromatic heterocycles. The third kappa shape index (κ3) is 14.1. The lowest BCUT2D eigenvalue weighted by Crippen LogP contribution is -2.16. The van der Waals surface area contributed by atoms with Gasteiger partial charge in [0, 0.05) is 13.0 Å². The van der Waals surface area contributed by atoms with E-state index in [9.17, 15) is 4.79 Å². The van der Waals surface area contributed by atoms with Gasteiger partial charge in [0.25, 0.3) is 0 Å². The monoisotopic (exact) mass is 363 g/mol. The van der Waals surface area contributed by atoms with Gasteiger partial charge in [0.15, 0.2) is 0 Å². The van der Waals surface area contributed by atoms with Crippen LogP contribution in [0.25, 0.3) is 0 Å². The molecule has 0 spiro atoms. The lowest BCUT2D eigenvalue weighted by Gasteiger charge is -2.09. The third-order valence-corrected chi connectivity index (χ3v) is 4.99. The number of hydrogen-bond acceptors (Lipinski definition) is 3. The molecule has 0 N–H and O–H groups in total. The zero-order valence-electron chi connectivity index (χ0n) is 17.3. The molecule has 0 aliphatic heterocycles. The molecule has 1 aliphatic carbocycles. The van der Waals surface area contributed by atoms with Crippen LogP contribution in [0.3, 0.4) is 0 Å². The van der Waals surface area contributed by atoms with Crippen LogP contribution in [-0.4, -0.2) is 38.1 Å². The Kier molecular flexibility index (Phi) is 14.2. The Balaban J connectivity index is 1.78. The molecule has 0 unspecified atom stereocenters. The molecule has 26 heavy (non-hydrogen) atoms. The number of nitrogens with zero attached hydrogens (tertiary/aromatic N) is 1. The van der Waals surface area contributed by atoms with E-state index in [1.54, 1.807) is 0 Å². The van der Waals surface area contributed by atoms with Gasteiger partial charge in [-0.2, -0.15) is 0 Å². The Morgan fingerprint density at radius 3 is 2.46 bits per heavy atom. The van der Waals surface area contributed by atoms with Crippen LogP contribution in [0.2, 0.25) is 0 Å². The fraction of sp³-hybridized carbons (Fsp3) is 0.783. The summed E-state index contributed by atoms with van der Waals surface area (Å²) < 4.78 is 5.23. The van der Waals surface area contributed by atoms with Gasteiger partial charge in [0.1, 0.15) is 0 Å². The molecule has 3 nitrogen and oxygen atoms in total. The minimum Gasteiger partial charge on any atom is -0.466 e. The average Bonchev–Trinajstić information content (AvgIpc) is 3.13. The summed E-state index contributed by atoms with van der Waals surface area (Å²) in [7, 11) is 4.06. The first kappa shape index (κ1) is 23.0. The highest BCUT2D eigenvalue weighted by atomic mass is 16.5. The summed E-state index contributed by atoms with van der Waals surface area (Å²) in [5.74, 6) is 0.839. The number of carbonyl (C=O) groups is 1. The second-order valence-electron chi connectivity index (χ2n) is 7.85. The first-order valence-electron chi connectivity index (χ1n) is 10.8. The normalized spacial score (nSPS) is 16.8. The molecule has 0 saturated heterocycles. The largest absolute Gasteiger partial charge is 0.466 e. The van der Waals surface area contributed by atoms with Crippen LogP contribution in [0.1, 0.15) is 83.5 Å². The minimum absolute atomic E-state index is 0.0409. The van der Waals surface area contributed by atoms with E-state index < -0.39 is 0 Å². The molecule has 1 atom stereocenters. The minimum atomic E-state index is -0.0409. The summed E-state index contributed by atoms with van der Waals surface area (Å²) in [5.41, 5.74) is 0. The van der Waals surface area contributed by atoms with Crippen LogP contribution >= 0.6 is 0 Å². The van der Waals surface area contributed by atoms with Gasteiger partial charge in [0.2, 0.25) is 0 Å². The van der Waals surface area contributed by atoms with Gasteiger partial charge in [-0.25, -0.2) is 0 Å². The number of allylic oxidation sites excluding steroid dienone is 4. The first-order valence-corrected chi connectivity index (χ1v) is 10.8. The van der Waals surface area contributed by atoms with E-state index in [0.29, 0.717) is 13.0 Å². The Morgan fingerprint density at radius 2 is 1.77 bits per heavy atom. The topological polar surface area (TPSA) is 29.5 Å². The quantitative estimate of drug-likeness (QED) is 0.194. The van der Waals surface area contributed by atoms with Gasteiger partial charge in [0.05, 0.1) is 6.61 Å².